The lowest BCUT2D eigenvalue weighted by atomic mass is 9.68. The summed E-state index contributed by atoms with van der Waals surface area (Å²) >= 11 is 0. The van der Waals surface area contributed by atoms with E-state index in [4.69, 9.17) is 11.1 Å². The highest BCUT2D eigenvalue weighted by molar-refractivity contribution is 5.85. The lowest BCUT2D eigenvalue weighted by molar-refractivity contribution is -0.0533. The Labute approximate surface area is 139 Å². The zero-order valence-electron chi connectivity index (χ0n) is 13.1. The Morgan fingerprint density at radius 3 is 2.62 bits per heavy atom. The van der Waals surface area contributed by atoms with E-state index in [2.05, 4.69) is 25.2 Å². The first-order chi connectivity index (χ1) is 11.6. The minimum atomic E-state index is -0.153. The van der Waals surface area contributed by atoms with Crippen LogP contribution in [0.25, 0.3) is 0 Å². The predicted octanol–water partition coefficient (Wildman–Crippen LogP) is 1.01. The highest BCUT2D eigenvalue weighted by Crippen LogP contribution is 2.41. The normalized spacial score (nSPS) is 25.0. The monoisotopic (exact) mass is 325 g/mol. The average Bonchev–Trinajstić information content (AvgIpc) is 2.62. The summed E-state index contributed by atoms with van der Waals surface area (Å²) in [6.45, 7) is 1.65. The molecule has 0 spiro atoms. The van der Waals surface area contributed by atoms with Crippen molar-refractivity contribution in [1.29, 1.82) is 5.41 Å². The SMILES string of the molecule is N=Cc1cnc(Nc2cc(N3CC4CC(C3)C4O)ncn2)cc1N. The Bertz CT molecular complexity index is 769. The third-order valence-electron chi connectivity index (χ3n) is 4.84. The number of anilines is 4. The first kappa shape index (κ1) is 14.8. The molecule has 2 aromatic heterocycles. The van der Waals surface area contributed by atoms with Gasteiger partial charge < -0.3 is 26.5 Å². The Hall–Kier alpha value is -2.74. The molecule has 24 heavy (non-hydrogen) atoms. The Kier molecular flexibility index (Phi) is 3.53. The number of nitrogen functional groups attached to an aromatic ring is 1. The van der Waals surface area contributed by atoms with Crippen LogP contribution < -0.4 is 16.0 Å². The van der Waals surface area contributed by atoms with E-state index >= 15 is 0 Å². The number of nitrogens with two attached hydrogens (primary N) is 1. The van der Waals surface area contributed by atoms with E-state index in [1.54, 1.807) is 12.3 Å². The standard InChI is InChI=1S/C16H19N7O/c17-4-11-5-19-13(2-12(11)18)22-14-3-15(21-8-20-14)23-6-9-1-10(7-23)16(9)24/h2-5,8-10,16-17,24H,1,6-7H2,(H3,18,19,20,21,22). The van der Waals surface area contributed by atoms with Gasteiger partial charge >= 0.3 is 0 Å². The molecule has 124 valence electrons. The highest BCUT2D eigenvalue weighted by atomic mass is 16.3. The molecule has 0 amide bonds. The summed E-state index contributed by atoms with van der Waals surface area (Å²) in [7, 11) is 0. The van der Waals surface area contributed by atoms with Crippen LogP contribution in [0.2, 0.25) is 0 Å². The zero-order chi connectivity index (χ0) is 16.7. The van der Waals surface area contributed by atoms with Crippen molar-refractivity contribution < 1.29 is 5.11 Å². The summed E-state index contributed by atoms with van der Waals surface area (Å²) in [5.74, 6) is 2.75. The second kappa shape index (κ2) is 5.72. The highest BCUT2D eigenvalue weighted by Gasteiger charge is 2.45. The van der Waals surface area contributed by atoms with E-state index in [0.29, 0.717) is 34.7 Å². The van der Waals surface area contributed by atoms with Crippen molar-refractivity contribution in [3.63, 3.8) is 0 Å². The average molecular weight is 325 g/mol. The van der Waals surface area contributed by atoms with Gasteiger partial charge in [0.15, 0.2) is 0 Å². The van der Waals surface area contributed by atoms with Gasteiger partial charge in [0.1, 0.15) is 23.8 Å². The maximum atomic E-state index is 9.90. The lowest BCUT2D eigenvalue weighted by Crippen LogP contribution is -2.58. The molecule has 1 saturated carbocycles. The Balaban J connectivity index is 1.51. The molecule has 1 aliphatic carbocycles. The van der Waals surface area contributed by atoms with Crippen LogP contribution in [-0.4, -0.2) is 45.5 Å². The minimum absolute atomic E-state index is 0.153. The molecule has 8 heteroatoms. The second-order valence-corrected chi connectivity index (χ2v) is 6.38. The first-order valence-corrected chi connectivity index (χ1v) is 7.92. The summed E-state index contributed by atoms with van der Waals surface area (Å²) in [4.78, 5) is 15.0. The molecule has 4 heterocycles. The third kappa shape index (κ3) is 2.54. The maximum Gasteiger partial charge on any atom is 0.137 e. The molecule has 8 nitrogen and oxygen atoms in total. The fourth-order valence-electron chi connectivity index (χ4n) is 3.44. The number of hydrogen-bond donors (Lipinski definition) is 4. The number of nitrogens with zero attached hydrogens (tertiary/aromatic N) is 4. The van der Waals surface area contributed by atoms with E-state index in [-0.39, 0.29) is 6.10 Å². The molecule has 2 bridgehead atoms. The van der Waals surface area contributed by atoms with Crippen molar-refractivity contribution in [2.75, 3.05) is 29.0 Å². The molecule has 3 fully saturated rings. The van der Waals surface area contributed by atoms with Crippen LogP contribution in [-0.2, 0) is 0 Å². The van der Waals surface area contributed by atoms with Crippen molar-refractivity contribution in [2.24, 2.45) is 11.8 Å². The number of aliphatic hydroxyl groups excluding tert-OH is 1. The molecule has 2 aliphatic heterocycles. The van der Waals surface area contributed by atoms with Crippen molar-refractivity contribution in [2.45, 2.75) is 12.5 Å². The van der Waals surface area contributed by atoms with Crippen LogP contribution in [0.3, 0.4) is 0 Å². The quantitative estimate of drug-likeness (QED) is 0.618. The molecule has 5 rings (SSSR count). The van der Waals surface area contributed by atoms with Gasteiger partial charge in [-0.3, -0.25) is 0 Å². The number of nitrogens with one attached hydrogen (secondary N) is 2. The number of aromatic nitrogens is 3. The molecule has 0 aromatic carbocycles. The van der Waals surface area contributed by atoms with E-state index in [1.807, 2.05) is 6.07 Å². The van der Waals surface area contributed by atoms with Crippen LogP contribution in [0.5, 0.6) is 0 Å². The van der Waals surface area contributed by atoms with Crippen LogP contribution in [0.15, 0.2) is 24.7 Å². The summed E-state index contributed by atoms with van der Waals surface area (Å²) in [5.41, 5.74) is 6.94. The maximum absolute atomic E-state index is 9.90. The predicted molar refractivity (Wildman–Crippen MR) is 91.7 cm³/mol. The third-order valence-corrected chi connectivity index (χ3v) is 4.84. The van der Waals surface area contributed by atoms with Crippen LogP contribution in [0.1, 0.15) is 12.0 Å². The van der Waals surface area contributed by atoms with E-state index in [1.165, 1.54) is 12.5 Å². The number of pyridine rings is 1. The van der Waals surface area contributed by atoms with Gasteiger partial charge in [-0.2, -0.15) is 0 Å². The smallest absolute Gasteiger partial charge is 0.137 e. The van der Waals surface area contributed by atoms with Crippen molar-refractivity contribution in [3.8, 4) is 0 Å². The van der Waals surface area contributed by atoms with E-state index in [9.17, 15) is 5.11 Å². The number of aliphatic hydroxyl groups is 1. The molecular formula is C16H19N7O. The first-order valence-electron chi connectivity index (χ1n) is 7.92. The van der Waals surface area contributed by atoms with Crippen LogP contribution in [0.4, 0.5) is 23.1 Å². The van der Waals surface area contributed by atoms with Gasteiger partial charge in [0.25, 0.3) is 0 Å². The van der Waals surface area contributed by atoms with Crippen molar-refractivity contribution in [1.82, 2.24) is 15.0 Å². The van der Waals surface area contributed by atoms with Gasteiger partial charge in [0, 0.05) is 60.7 Å². The summed E-state index contributed by atoms with van der Waals surface area (Å²) in [6.07, 6.45) is 5.19. The number of hydrogen-bond acceptors (Lipinski definition) is 8. The lowest BCUT2D eigenvalue weighted by Gasteiger charge is -2.51. The van der Waals surface area contributed by atoms with E-state index in [0.717, 1.165) is 25.3 Å². The molecule has 2 unspecified atom stereocenters. The van der Waals surface area contributed by atoms with Gasteiger partial charge in [-0.15, -0.1) is 0 Å². The van der Waals surface area contributed by atoms with Crippen LogP contribution in [0, 0.1) is 17.2 Å². The topological polar surface area (TPSA) is 124 Å². The number of rotatable bonds is 4. The number of fused-ring (bicyclic) bond motifs is 2. The van der Waals surface area contributed by atoms with Gasteiger partial charge in [-0.1, -0.05) is 0 Å². The van der Waals surface area contributed by atoms with Crippen LogP contribution >= 0.6 is 0 Å². The summed E-state index contributed by atoms with van der Waals surface area (Å²) < 4.78 is 0. The second-order valence-electron chi connectivity index (χ2n) is 6.38. The van der Waals surface area contributed by atoms with Gasteiger partial charge in [0.05, 0.1) is 6.10 Å². The molecule has 2 atom stereocenters. The molecule has 2 saturated heterocycles. The summed E-state index contributed by atoms with van der Waals surface area (Å²) in [6, 6.07) is 3.55. The Morgan fingerprint density at radius 2 is 1.96 bits per heavy atom. The van der Waals surface area contributed by atoms with Gasteiger partial charge in [-0.05, 0) is 6.42 Å². The van der Waals surface area contributed by atoms with Crippen molar-refractivity contribution >= 4 is 29.4 Å². The fourth-order valence-corrected chi connectivity index (χ4v) is 3.44. The Morgan fingerprint density at radius 1 is 1.21 bits per heavy atom. The molecule has 0 radical (unpaired) electrons. The van der Waals surface area contributed by atoms with Gasteiger partial charge in [0.2, 0.25) is 0 Å². The minimum Gasteiger partial charge on any atom is -0.398 e. The zero-order valence-corrected chi connectivity index (χ0v) is 13.1. The fraction of sp³-hybridized carbons (Fsp3) is 0.375. The molecule has 3 aliphatic rings. The molecule has 2 aromatic rings. The molecular weight excluding hydrogens is 306 g/mol. The molecule has 5 N–H and O–H groups in total. The number of piperidine rings is 2. The summed E-state index contributed by atoms with van der Waals surface area (Å²) in [5, 5.41) is 20.3. The van der Waals surface area contributed by atoms with E-state index < -0.39 is 0 Å². The van der Waals surface area contributed by atoms with Gasteiger partial charge in [-0.25, -0.2) is 15.0 Å². The van der Waals surface area contributed by atoms with Crippen molar-refractivity contribution in [3.05, 3.63) is 30.2 Å². The largest absolute Gasteiger partial charge is 0.398 e.